The highest BCUT2D eigenvalue weighted by Crippen LogP contribution is 2.23. The number of halogens is 2. The van der Waals surface area contributed by atoms with E-state index < -0.39 is 5.91 Å². The number of ether oxygens (including phenoxy) is 2. The van der Waals surface area contributed by atoms with Gasteiger partial charge < -0.3 is 14.8 Å². The zero-order valence-corrected chi connectivity index (χ0v) is 17.2. The average Bonchev–Trinajstić information content (AvgIpc) is 3.25. The van der Waals surface area contributed by atoms with Gasteiger partial charge in [-0.2, -0.15) is 5.26 Å². The zero-order chi connectivity index (χ0) is 20.6. The van der Waals surface area contributed by atoms with E-state index in [9.17, 15) is 10.1 Å². The van der Waals surface area contributed by atoms with Crippen molar-refractivity contribution in [1.82, 2.24) is 5.32 Å². The van der Waals surface area contributed by atoms with Crippen molar-refractivity contribution < 1.29 is 14.3 Å². The number of hydrogen-bond acceptors (Lipinski definition) is 4. The molecule has 1 aliphatic rings. The molecule has 1 saturated heterocycles. The molecule has 0 aliphatic carbocycles. The molecule has 1 unspecified atom stereocenters. The van der Waals surface area contributed by atoms with Gasteiger partial charge in [-0.05, 0) is 54.3 Å². The van der Waals surface area contributed by atoms with Gasteiger partial charge >= 0.3 is 0 Å². The third-order valence-electron chi connectivity index (χ3n) is 4.46. The number of carbonyl (C=O) groups excluding carboxylic acids is 1. The summed E-state index contributed by atoms with van der Waals surface area (Å²) in [6.45, 7) is 1.49. The number of nitrogens with one attached hydrogen (secondary N) is 1. The molecular weight excluding hydrogens is 411 g/mol. The van der Waals surface area contributed by atoms with Gasteiger partial charge in [-0.1, -0.05) is 41.4 Å². The van der Waals surface area contributed by atoms with Crippen LogP contribution in [0.2, 0.25) is 10.0 Å². The highest BCUT2D eigenvalue weighted by atomic mass is 35.5. The van der Waals surface area contributed by atoms with Crippen LogP contribution >= 0.6 is 23.2 Å². The Morgan fingerprint density at radius 3 is 2.69 bits per heavy atom. The van der Waals surface area contributed by atoms with Gasteiger partial charge in [0.15, 0.2) is 0 Å². The molecule has 0 radical (unpaired) electrons. The van der Waals surface area contributed by atoms with Crippen molar-refractivity contribution in [1.29, 1.82) is 5.26 Å². The van der Waals surface area contributed by atoms with E-state index >= 15 is 0 Å². The molecular formula is C22H20Cl2N2O3. The van der Waals surface area contributed by atoms with Gasteiger partial charge in [0.05, 0.1) is 16.1 Å². The second-order valence-electron chi connectivity index (χ2n) is 6.62. The smallest absolute Gasteiger partial charge is 0.262 e. The average molecular weight is 431 g/mol. The molecule has 3 rings (SSSR count). The quantitative estimate of drug-likeness (QED) is 0.506. The van der Waals surface area contributed by atoms with E-state index in [0.717, 1.165) is 30.6 Å². The third-order valence-corrected chi connectivity index (χ3v) is 5.20. The maximum atomic E-state index is 12.2. The van der Waals surface area contributed by atoms with Crippen LogP contribution in [-0.4, -0.2) is 25.2 Å². The van der Waals surface area contributed by atoms with Crippen molar-refractivity contribution in [3.05, 3.63) is 69.2 Å². The fraction of sp³-hybridized carbons (Fsp3) is 0.273. The first-order chi connectivity index (χ1) is 14.0. The Balaban J connectivity index is 1.56. The molecule has 150 valence electrons. The first kappa shape index (κ1) is 21.2. The number of carbonyl (C=O) groups is 1. The highest BCUT2D eigenvalue weighted by molar-refractivity contribution is 6.42. The number of benzene rings is 2. The zero-order valence-electron chi connectivity index (χ0n) is 15.7. The summed E-state index contributed by atoms with van der Waals surface area (Å²) in [5.41, 5.74) is 1.68. The number of rotatable bonds is 7. The molecule has 0 spiro atoms. The predicted octanol–water partition coefficient (Wildman–Crippen LogP) is 4.77. The molecule has 1 heterocycles. The van der Waals surface area contributed by atoms with Crippen LogP contribution in [0.4, 0.5) is 0 Å². The molecule has 0 bridgehead atoms. The normalized spacial score (nSPS) is 16.3. The van der Waals surface area contributed by atoms with Gasteiger partial charge in [0, 0.05) is 13.2 Å². The number of amides is 1. The van der Waals surface area contributed by atoms with Crippen LogP contribution in [0.5, 0.6) is 5.75 Å². The largest absolute Gasteiger partial charge is 0.489 e. The molecule has 1 atom stereocenters. The number of hydrogen-bond donors (Lipinski definition) is 1. The topological polar surface area (TPSA) is 71.3 Å². The number of nitriles is 1. The fourth-order valence-electron chi connectivity index (χ4n) is 2.88. The Morgan fingerprint density at radius 1 is 1.24 bits per heavy atom. The van der Waals surface area contributed by atoms with Crippen LogP contribution in [0.25, 0.3) is 6.08 Å². The lowest BCUT2D eigenvalue weighted by atomic mass is 10.1. The van der Waals surface area contributed by atoms with Gasteiger partial charge in [0.2, 0.25) is 0 Å². The summed E-state index contributed by atoms with van der Waals surface area (Å²) in [7, 11) is 0. The van der Waals surface area contributed by atoms with Crippen LogP contribution in [-0.2, 0) is 16.1 Å². The lowest BCUT2D eigenvalue weighted by Crippen LogP contribution is -2.32. The lowest BCUT2D eigenvalue weighted by Gasteiger charge is -2.10. The summed E-state index contributed by atoms with van der Waals surface area (Å²) in [5, 5.41) is 13.0. The third kappa shape index (κ3) is 6.23. The van der Waals surface area contributed by atoms with Crippen LogP contribution < -0.4 is 10.1 Å². The Hall–Kier alpha value is -2.52. The summed E-state index contributed by atoms with van der Waals surface area (Å²) in [4.78, 5) is 12.2. The molecule has 1 amide bonds. The van der Waals surface area contributed by atoms with Crippen molar-refractivity contribution in [3.63, 3.8) is 0 Å². The van der Waals surface area contributed by atoms with Gasteiger partial charge in [-0.3, -0.25) is 4.79 Å². The Labute approximate surface area is 179 Å². The predicted molar refractivity (Wildman–Crippen MR) is 113 cm³/mol. The van der Waals surface area contributed by atoms with Crippen molar-refractivity contribution in [2.24, 2.45) is 0 Å². The molecule has 2 aromatic rings. The van der Waals surface area contributed by atoms with Gasteiger partial charge in [0.1, 0.15) is 24.0 Å². The van der Waals surface area contributed by atoms with E-state index in [1.165, 1.54) is 0 Å². The Bertz CT molecular complexity index is 930. The van der Waals surface area contributed by atoms with E-state index in [1.807, 2.05) is 12.1 Å². The molecule has 2 aromatic carbocycles. The molecule has 0 saturated carbocycles. The van der Waals surface area contributed by atoms with Gasteiger partial charge in [0.25, 0.3) is 5.91 Å². The van der Waals surface area contributed by atoms with Crippen molar-refractivity contribution in [2.75, 3.05) is 13.2 Å². The second kappa shape index (κ2) is 10.3. The minimum atomic E-state index is -0.400. The minimum absolute atomic E-state index is 0.0332. The van der Waals surface area contributed by atoms with E-state index in [2.05, 4.69) is 5.32 Å². The van der Waals surface area contributed by atoms with Crippen LogP contribution in [0.1, 0.15) is 24.0 Å². The SMILES string of the molecule is N#C/C(=C/c1ccc(OCc2ccc(Cl)c(Cl)c2)cc1)C(=O)NCC1CCCO1. The van der Waals surface area contributed by atoms with E-state index in [-0.39, 0.29) is 11.7 Å². The van der Waals surface area contributed by atoms with Gasteiger partial charge in [-0.15, -0.1) is 0 Å². The van der Waals surface area contributed by atoms with Crippen molar-refractivity contribution in [2.45, 2.75) is 25.6 Å². The van der Waals surface area contributed by atoms with Crippen LogP contribution in [0.3, 0.4) is 0 Å². The summed E-state index contributed by atoms with van der Waals surface area (Å²) >= 11 is 11.9. The molecule has 5 nitrogen and oxygen atoms in total. The van der Waals surface area contributed by atoms with Crippen LogP contribution in [0.15, 0.2) is 48.0 Å². The lowest BCUT2D eigenvalue weighted by molar-refractivity contribution is -0.117. The van der Waals surface area contributed by atoms with E-state index in [4.69, 9.17) is 32.7 Å². The van der Waals surface area contributed by atoms with Crippen molar-refractivity contribution in [3.8, 4) is 11.8 Å². The molecule has 29 heavy (non-hydrogen) atoms. The summed E-state index contributed by atoms with van der Waals surface area (Å²) in [5.74, 6) is 0.262. The first-order valence-electron chi connectivity index (χ1n) is 9.23. The van der Waals surface area contributed by atoms with E-state index in [0.29, 0.717) is 28.9 Å². The summed E-state index contributed by atoms with van der Waals surface area (Å²) in [6, 6.07) is 14.4. The maximum Gasteiger partial charge on any atom is 0.262 e. The molecule has 1 N–H and O–H groups in total. The molecule has 7 heteroatoms. The number of nitrogens with zero attached hydrogens (tertiary/aromatic N) is 1. The van der Waals surface area contributed by atoms with E-state index in [1.54, 1.807) is 42.5 Å². The van der Waals surface area contributed by atoms with Crippen LogP contribution in [0, 0.1) is 11.3 Å². The molecule has 0 aromatic heterocycles. The Morgan fingerprint density at radius 2 is 2.03 bits per heavy atom. The standard InChI is InChI=1S/C22H20Cl2N2O3/c23-20-8-5-16(11-21(20)24)14-29-18-6-3-15(4-7-18)10-17(12-25)22(27)26-13-19-2-1-9-28-19/h3-8,10-11,19H,1-2,9,13-14H2,(H,26,27)/b17-10-. The summed E-state index contributed by atoms with van der Waals surface area (Å²) < 4.78 is 11.2. The van der Waals surface area contributed by atoms with Crippen molar-refractivity contribution >= 4 is 35.2 Å². The monoisotopic (exact) mass is 430 g/mol. The fourth-order valence-corrected chi connectivity index (χ4v) is 3.20. The highest BCUT2D eigenvalue weighted by Gasteiger charge is 2.17. The Kier molecular flexibility index (Phi) is 7.54. The maximum absolute atomic E-state index is 12.2. The van der Waals surface area contributed by atoms with Gasteiger partial charge in [-0.25, -0.2) is 0 Å². The minimum Gasteiger partial charge on any atom is -0.489 e. The second-order valence-corrected chi connectivity index (χ2v) is 7.44. The first-order valence-corrected chi connectivity index (χ1v) is 9.99. The summed E-state index contributed by atoms with van der Waals surface area (Å²) in [6.07, 6.45) is 3.51. The molecule has 1 aliphatic heterocycles. The molecule has 1 fully saturated rings.